The zero-order chi connectivity index (χ0) is 18.4. The minimum absolute atomic E-state index is 0.411. The van der Waals surface area contributed by atoms with Crippen molar-refractivity contribution in [3.8, 4) is 0 Å². The number of aryl methyl sites for hydroxylation is 1. The Balaban J connectivity index is 1.53. The Morgan fingerprint density at radius 1 is 1.12 bits per heavy atom. The monoisotopic (exact) mass is 352 g/mol. The molecule has 1 aliphatic heterocycles. The first-order valence-electron chi connectivity index (χ1n) is 9.20. The number of likely N-dealkylation sites (N-methyl/N-ethyl adjacent to an activating group) is 1. The molecule has 0 radical (unpaired) electrons. The molecule has 6 heteroatoms. The summed E-state index contributed by atoms with van der Waals surface area (Å²) in [6, 6.07) is 12.2. The molecule has 0 unspecified atom stereocenters. The summed E-state index contributed by atoms with van der Waals surface area (Å²) in [5, 5.41) is 3.11. The summed E-state index contributed by atoms with van der Waals surface area (Å²) in [5.74, 6) is 1.45. The lowest BCUT2D eigenvalue weighted by Crippen LogP contribution is -2.46. The normalized spacial score (nSPS) is 15.9. The molecule has 2 aromatic rings. The Hall–Kier alpha value is -2.60. The summed E-state index contributed by atoms with van der Waals surface area (Å²) in [6.45, 7) is 10.2. The maximum absolute atomic E-state index is 5.97. The number of nitrogens with zero attached hydrogens (tertiary/aromatic N) is 4. The van der Waals surface area contributed by atoms with Crippen LogP contribution in [0.4, 0.5) is 11.5 Å². The first-order chi connectivity index (χ1) is 12.6. The molecule has 1 fully saturated rings. The highest BCUT2D eigenvalue weighted by atomic mass is 15.3. The van der Waals surface area contributed by atoms with E-state index in [1.165, 1.54) is 5.56 Å². The average molecular weight is 352 g/mol. The van der Waals surface area contributed by atoms with Gasteiger partial charge in [0.1, 0.15) is 5.82 Å². The Kier molecular flexibility index (Phi) is 6.07. The number of hydrogen-bond acceptors (Lipinski definition) is 4. The van der Waals surface area contributed by atoms with Crippen LogP contribution in [0.1, 0.15) is 18.1 Å². The Labute approximate surface area is 155 Å². The van der Waals surface area contributed by atoms with E-state index in [9.17, 15) is 0 Å². The number of piperazine rings is 1. The third-order valence-corrected chi connectivity index (χ3v) is 4.71. The van der Waals surface area contributed by atoms with Gasteiger partial charge in [-0.05, 0) is 37.2 Å². The lowest BCUT2D eigenvalue weighted by atomic mass is 10.2. The first-order valence-corrected chi connectivity index (χ1v) is 9.20. The number of anilines is 2. The van der Waals surface area contributed by atoms with Gasteiger partial charge < -0.3 is 20.9 Å². The van der Waals surface area contributed by atoms with Gasteiger partial charge in [-0.1, -0.05) is 30.7 Å². The minimum atomic E-state index is 0.411. The summed E-state index contributed by atoms with van der Waals surface area (Å²) in [4.78, 5) is 13.8. The molecule has 0 atom stereocenters. The van der Waals surface area contributed by atoms with Crippen LogP contribution in [0.3, 0.4) is 0 Å². The molecule has 3 rings (SSSR count). The van der Waals surface area contributed by atoms with E-state index in [1.807, 2.05) is 30.5 Å². The Bertz CT molecular complexity index is 715. The number of rotatable bonds is 5. The molecule has 0 saturated carbocycles. The summed E-state index contributed by atoms with van der Waals surface area (Å²) < 4.78 is 0. The van der Waals surface area contributed by atoms with Crippen molar-refractivity contribution in [1.82, 2.24) is 9.88 Å². The number of nitrogens with two attached hydrogens (primary N) is 1. The average Bonchev–Trinajstić information content (AvgIpc) is 2.69. The van der Waals surface area contributed by atoms with Crippen LogP contribution in [-0.4, -0.2) is 48.6 Å². The molecular formula is C20H28N6. The van der Waals surface area contributed by atoms with Crippen LogP contribution in [-0.2, 0) is 6.54 Å². The number of aliphatic imine (C=N–C) groups is 1. The van der Waals surface area contributed by atoms with Gasteiger partial charge in [0.15, 0.2) is 5.96 Å². The molecule has 1 aromatic heterocycles. The first kappa shape index (κ1) is 18.2. The topological polar surface area (TPSA) is 69.8 Å². The maximum atomic E-state index is 5.97. The van der Waals surface area contributed by atoms with Crippen molar-refractivity contribution >= 4 is 17.5 Å². The number of aromatic nitrogens is 1. The molecule has 1 saturated heterocycles. The van der Waals surface area contributed by atoms with Crippen molar-refractivity contribution in [3.05, 3.63) is 53.7 Å². The van der Waals surface area contributed by atoms with Gasteiger partial charge >= 0.3 is 0 Å². The van der Waals surface area contributed by atoms with E-state index in [0.29, 0.717) is 12.5 Å². The molecular weight excluding hydrogens is 324 g/mol. The highest BCUT2D eigenvalue weighted by Crippen LogP contribution is 2.14. The van der Waals surface area contributed by atoms with Gasteiger partial charge in [0.05, 0.1) is 6.54 Å². The summed E-state index contributed by atoms with van der Waals surface area (Å²) in [7, 11) is 0. The molecule has 3 N–H and O–H groups in total. The van der Waals surface area contributed by atoms with Gasteiger partial charge in [-0.15, -0.1) is 0 Å². The van der Waals surface area contributed by atoms with Gasteiger partial charge in [0.2, 0.25) is 0 Å². The van der Waals surface area contributed by atoms with Gasteiger partial charge in [-0.3, -0.25) is 0 Å². The van der Waals surface area contributed by atoms with E-state index in [0.717, 1.165) is 49.8 Å². The second-order valence-electron chi connectivity index (χ2n) is 6.64. The summed E-state index contributed by atoms with van der Waals surface area (Å²) in [5.41, 5.74) is 9.18. The Morgan fingerprint density at radius 3 is 2.46 bits per heavy atom. The molecule has 0 bridgehead atoms. The fourth-order valence-electron chi connectivity index (χ4n) is 2.99. The largest absolute Gasteiger partial charge is 0.370 e. The molecule has 1 aromatic carbocycles. The highest BCUT2D eigenvalue weighted by Gasteiger charge is 2.16. The van der Waals surface area contributed by atoms with Crippen LogP contribution in [0.15, 0.2) is 47.6 Å². The SMILES string of the molecule is CCN1CCN(c2ccc(CN=C(N)Nc3ccc(C)cc3)cn2)CC1. The van der Waals surface area contributed by atoms with Crippen molar-refractivity contribution in [1.29, 1.82) is 0 Å². The zero-order valence-corrected chi connectivity index (χ0v) is 15.7. The third kappa shape index (κ3) is 4.95. The van der Waals surface area contributed by atoms with E-state index in [1.54, 1.807) is 0 Å². The van der Waals surface area contributed by atoms with Crippen LogP contribution in [0, 0.1) is 6.92 Å². The molecule has 138 valence electrons. The lowest BCUT2D eigenvalue weighted by Gasteiger charge is -2.34. The van der Waals surface area contributed by atoms with E-state index in [2.05, 4.69) is 51.1 Å². The third-order valence-electron chi connectivity index (χ3n) is 4.71. The quantitative estimate of drug-likeness (QED) is 0.639. The van der Waals surface area contributed by atoms with Gasteiger partial charge in [0, 0.05) is 38.1 Å². The van der Waals surface area contributed by atoms with Crippen molar-refractivity contribution in [3.63, 3.8) is 0 Å². The zero-order valence-electron chi connectivity index (χ0n) is 15.7. The van der Waals surface area contributed by atoms with Crippen molar-refractivity contribution in [2.75, 3.05) is 42.9 Å². The van der Waals surface area contributed by atoms with Gasteiger partial charge in [-0.25, -0.2) is 9.98 Å². The van der Waals surface area contributed by atoms with Crippen LogP contribution >= 0.6 is 0 Å². The number of guanidine groups is 1. The second kappa shape index (κ2) is 8.67. The van der Waals surface area contributed by atoms with Crippen LogP contribution in [0.25, 0.3) is 0 Å². The van der Waals surface area contributed by atoms with Crippen molar-refractivity contribution in [2.24, 2.45) is 10.7 Å². The second-order valence-corrected chi connectivity index (χ2v) is 6.64. The minimum Gasteiger partial charge on any atom is -0.370 e. The van der Waals surface area contributed by atoms with Gasteiger partial charge in [0.25, 0.3) is 0 Å². The van der Waals surface area contributed by atoms with Crippen molar-refractivity contribution in [2.45, 2.75) is 20.4 Å². The van der Waals surface area contributed by atoms with E-state index < -0.39 is 0 Å². The standard InChI is InChI=1S/C20H28N6/c1-3-25-10-12-26(13-11-25)19-9-6-17(14-22-19)15-23-20(21)24-18-7-4-16(2)5-8-18/h4-9,14H,3,10-13,15H2,1-2H3,(H3,21,23,24). The van der Waals surface area contributed by atoms with Crippen molar-refractivity contribution < 1.29 is 0 Å². The van der Waals surface area contributed by atoms with Crippen LogP contribution in [0.2, 0.25) is 0 Å². The smallest absolute Gasteiger partial charge is 0.193 e. The summed E-state index contributed by atoms with van der Waals surface area (Å²) >= 11 is 0. The fraction of sp³-hybridized carbons (Fsp3) is 0.400. The molecule has 1 aliphatic rings. The molecule has 2 heterocycles. The fourth-order valence-corrected chi connectivity index (χ4v) is 2.99. The number of pyridine rings is 1. The van der Waals surface area contributed by atoms with E-state index >= 15 is 0 Å². The van der Waals surface area contributed by atoms with Gasteiger partial charge in [-0.2, -0.15) is 0 Å². The van der Waals surface area contributed by atoms with E-state index in [-0.39, 0.29) is 0 Å². The molecule has 6 nitrogen and oxygen atoms in total. The predicted molar refractivity (Wildman–Crippen MR) is 109 cm³/mol. The lowest BCUT2D eigenvalue weighted by molar-refractivity contribution is 0.270. The molecule has 0 spiro atoms. The van der Waals surface area contributed by atoms with Crippen LogP contribution < -0.4 is 16.0 Å². The predicted octanol–water partition coefficient (Wildman–Crippen LogP) is 2.46. The van der Waals surface area contributed by atoms with Crippen LogP contribution in [0.5, 0.6) is 0 Å². The molecule has 26 heavy (non-hydrogen) atoms. The molecule has 0 amide bonds. The van der Waals surface area contributed by atoms with E-state index in [4.69, 9.17) is 5.73 Å². The maximum Gasteiger partial charge on any atom is 0.193 e. The number of benzene rings is 1. The highest BCUT2D eigenvalue weighted by molar-refractivity contribution is 5.92. The molecule has 0 aliphatic carbocycles. The number of hydrogen-bond donors (Lipinski definition) is 2. The number of nitrogens with one attached hydrogen (secondary N) is 1. The summed E-state index contributed by atoms with van der Waals surface area (Å²) in [6.07, 6.45) is 1.89. The Morgan fingerprint density at radius 2 is 1.85 bits per heavy atom.